The maximum atomic E-state index is 2.57. The molecule has 1 aliphatic rings. The minimum absolute atomic E-state index is 0.422. The van der Waals surface area contributed by atoms with Crippen molar-refractivity contribution in [2.24, 2.45) is 5.41 Å². The highest BCUT2D eigenvalue weighted by molar-refractivity contribution is 5.49. The minimum atomic E-state index is 0.422. The number of rotatable bonds is 2. The molecule has 2 aromatic carbocycles. The molecule has 1 heterocycles. The topological polar surface area (TPSA) is 3.24 Å². The maximum absolute atomic E-state index is 2.57. The summed E-state index contributed by atoms with van der Waals surface area (Å²) >= 11 is 0. The Labute approximate surface area is 122 Å². The van der Waals surface area contributed by atoms with Crippen LogP contribution in [0.25, 0.3) is 0 Å². The van der Waals surface area contributed by atoms with E-state index in [1.807, 2.05) is 0 Å². The maximum Gasteiger partial charge on any atom is 0.0547 e. The fraction of sp³-hybridized carbons (Fsp3) is 0.368. The van der Waals surface area contributed by atoms with Crippen molar-refractivity contribution in [2.45, 2.75) is 32.7 Å². The molecule has 0 amide bonds. The van der Waals surface area contributed by atoms with Gasteiger partial charge in [0, 0.05) is 12.2 Å². The van der Waals surface area contributed by atoms with Gasteiger partial charge in [-0.3, -0.25) is 0 Å². The summed E-state index contributed by atoms with van der Waals surface area (Å²) in [4.78, 5) is 2.57. The highest BCUT2D eigenvalue weighted by Gasteiger charge is 2.34. The van der Waals surface area contributed by atoms with Crippen molar-refractivity contribution in [1.82, 2.24) is 0 Å². The van der Waals surface area contributed by atoms with Crippen molar-refractivity contribution in [3.05, 3.63) is 66.2 Å². The summed E-state index contributed by atoms with van der Waals surface area (Å²) in [6.45, 7) is 5.92. The lowest BCUT2D eigenvalue weighted by atomic mass is 9.76. The van der Waals surface area contributed by atoms with Gasteiger partial charge in [0.15, 0.2) is 0 Å². The van der Waals surface area contributed by atoms with Gasteiger partial charge in [0.05, 0.1) is 6.04 Å². The van der Waals surface area contributed by atoms with Gasteiger partial charge in [-0.2, -0.15) is 0 Å². The second kappa shape index (κ2) is 5.32. The third-order valence-electron chi connectivity index (χ3n) is 4.42. The van der Waals surface area contributed by atoms with Gasteiger partial charge in [0.1, 0.15) is 0 Å². The van der Waals surface area contributed by atoms with Gasteiger partial charge in [-0.05, 0) is 36.0 Å². The van der Waals surface area contributed by atoms with Crippen LogP contribution >= 0.6 is 0 Å². The Hall–Kier alpha value is -1.76. The van der Waals surface area contributed by atoms with Gasteiger partial charge in [-0.1, -0.05) is 62.4 Å². The van der Waals surface area contributed by atoms with Crippen molar-refractivity contribution in [1.29, 1.82) is 0 Å². The van der Waals surface area contributed by atoms with E-state index in [2.05, 4.69) is 79.4 Å². The summed E-state index contributed by atoms with van der Waals surface area (Å²) in [7, 11) is 0. The van der Waals surface area contributed by atoms with E-state index in [0.29, 0.717) is 11.5 Å². The number of piperidine rings is 1. The molecule has 1 saturated heterocycles. The van der Waals surface area contributed by atoms with Crippen LogP contribution in [-0.4, -0.2) is 6.54 Å². The number of anilines is 1. The highest BCUT2D eigenvalue weighted by Crippen LogP contribution is 2.43. The van der Waals surface area contributed by atoms with E-state index in [0.717, 1.165) is 6.54 Å². The molecule has 1 nitrogen and oxygen atoms in total. The number of benzene rings is 2. The first-order chi connectivity index (χ1) is 9.66. The zero-order valence-corrected chi connectivity index (χ0v) is 12.4. The number of hydrogen-bond donors (Lipinski definition) is 0. The van der Waals surface area contributed by atoms with E-state index >= 15 is 0 Å². The molecule has 3 rings (SSSR count). The lowest BCUT2D eigenvalue weighted by Crippen LogP contribution is -2.40. The smallest absolute Gasteiger partial charge is 0.0547 e. The van der Waals surface area contributed by atoms with Gasteiger partial charge >= 0.3 is 0 Å². The molecular formula is C19H23N. The van der Waals surface area contributed by atoms with E-state index in [-0.39, 0.29) is 0 Å². The second-order valence-electron chi connectivity index (χ2n) is 6.57. The lowest BCUT2D eigenvalue weighted by Gasteiger charge is -2.45. The first-order valence-electron chi connectivity index (χ1n) is 7.52. The molecule has 1 fully saturated rings. The number of nitrogens with zero attached hydrogens (tertiary/aromatic N) is 1. The number of para-hydroxylation sites is 1. The molecule has 1 heteroatoms. The predicted molar refractivity (Wildman–Crippen MR) is 86.0 cm³/mol. The van der Waals surface area contributed by atoms with Gasteiger partial charge < -0.3 is 4.90 Å². The van der Waals surface area contributed by atoms with Crippen LogP contribution in [0, 0.1) is 5.41 Å². The second-order valence-corrected chi connectivity index (χ2v) is 6.57. The Kier molecular flexibility index (Phi) is 3.52. The fourth-order valence-corrected chi connectivity index (χ4v) is 3.22. The molecule has 0 aliphatic carbocycles. The molecular weight excluding hydrogens is 242 g/mol. The summed E-state index contributed by atoms with van der Waals surface area (Å²) in [6, 6.07) is 22.3. The highest BCUT2D eigenvalue weighted by atomic mass is 15.2. The zero-order chi connectivity index (χ0) is 14.0. The quantitative estimate of drug-likeness (QED) is 0.734. The van der Waals surface area contributed by atoms with Gasteiger partial charge in [0.2, 0.25) is 0 Å². The standard InChI is InChI=1S/C19H23N/c1-19(2)13-14-20(17-11-7-4-8-12-17)18(15-19)16-9-5-3-6-10-16/h3-12,18H,13-15H2,1-2H3. The first kappa shape index (κ1) is 13.2. The Morgan fingerprint density at radius 1 is 0.900 bits per heavy atom. The third-order valence-corrected chi connectivity index (χ3v) is 4.42. The van der Waals surface area contributed by atoms with Crippen LogP contribution in [0.1, 0.15) is 38.3 Å². The minimum Gasteiger partial charge on any atom is -0.364 e. The summed E-state index contributed by atoms with van der Waals surface area (Å²) < 4.78 is 0. The predicted octanol–water partition coefficient (Wildman–Crippen LogP) is 5.05. The summed E-state index contributed by atoms with van der Waals surface area (Å²) in [6.07, 6.45) is 2.47. The molecule has 1 atom stereocenters. The molecule has 1 unspecified atom stereocenters. The Bertz CT molecular complexity index is 544. The summed E-state index contributed by atoms with van der Waals surface area (Å²) in [5.41, 5.74) is 3.20. The summed E-state index contributed by atoms with van der Waals surface area (Å²) in [5.74, 6) is 0. The van der Waals surface area contributed by atoms with Crippen LogP contribution in [0.2, 0.25) is 0 Å². The Morgan fingerprint density at radius 3 is 2.15 bits per heavy atom. The van der Waals surface area contributed by atoms with E-state index in [9.17, 15) is 0 Å². The zero-order valence-electron chi connectivity index (χ0n) is 12.4. The van der Waals surface area contributed by atoms with E-state index in [1.165, 1.54) is 24.1 Å². The average Bonchev–Trinajstić information content (AvgIpc) is 2.48. The van der Waals surface area contributed by atoms with Gasteiger partial charge in [-0.15, -0.1) is 0 Å². The first-order valence-corrected chi connectivity index (χ1v) is 7.52. The molecule has 0 N–H and O–H groups in total. The Morgan fingerprint density at radius 2 is 1.50 bits per heavy atom. The molecule has 20 heavy (non-hydrogen) atoms. The van der Waals surface area contributed by atoms with Crippen molar-refractivity contribution in [2.75, 3.05) is 11.4 Å². The van der Waals surface area contributed by atoms with Gasteiger partial charge in [0.25, 0.3) is 0 Å². The Balaban J connectivity index is 1.96. The van der Waals surface area contributed by atoms with E-state index < -0.39 is 0 Å². The van der Waals surface area contributed by atoms with Crippen LogP contribution in [0.15, 0.2) is 60.7 Å². The van der Waals surface area contributed by atoms with Crippen molar-refractivity contribution in [3.63, 3.8) is 0 Å². The molecule has 2 aromatic rings. The monoisotopic (exact) mass is 265 g/mol. The SMILES string of the molecule is CC1(C)CCN(c2ccccc2)C(c2ccccc2)C1. The van der Waals surface area contributed by atoms with E-state index in [4.69, 9.17) is 0 Å². The number of hydrogen-bond acceptors (Lipinski definition) is 1. The molecule has 1 aliphatic heterocycles. The largest absolute Gasteiger partial charge is 0.364 e. The molecule has 0 bridgehead atoms. The molecule has 0 spiro atoms. The van der Waals surface area contributed by atoms with Crippen LogP contribution in [0.4, 0.5) is 5.69 Å². The van der Waals surface area contributed by atoms with E-state index in [1.54, 1.807) is 0 Å². The van der Waals surface area contributed by atoms with Gasteiger partial charge in [-0.25, -0.2) is 0 Å². The normalized spacial score (nSPS) is 21.7. The van der Waals surface area contributed by atoms with Crippen LogP contribution in [-0.2, 0) is 0 Å². The van der Waals surface area contributed by atoms with Crippen molar-refractivity contribution in [3.8, 4) is 0 Å². The fourth-order valence-electron chi connectivity index (χ4n) is 3.22. The molecule has 0 radical (unpaired) electrons. The van der Waals surface area contributed by atoms with Crippen molar-refractivity contribution < 1.29 is 0 Å². The summed E-state index contributed by atoms with van der Waals surface area (Å²) in [5, 5.41) is 0. The molecule has 104 valence electrons. The van der Waals surface area contributed by atoms with Crippen LogP contribution < -0.4 is 4.90 Å². The lowest BCUT2D eigenvalue weighted by molar-refractivity contribution is 0.237. The van der Waals surface area contributed by atoms with Crippen molar-refractivity contribution >= 4 is 5.69 Å². The third kappa shape index (κ3) is 2.72. The van der Waals surface area contributed by atoms with Crippen LogP contribution in [0.5, 0.6) is 0 Å². The molecule has 0 aromatic heterocycles. The van der Waals surface area contributed by atoms with Crippen LogP contribution in [0.3, 0.4) is 0 Å². The molecule has 0 saturated carbocycles. The average molecular weight is 265 g/mol.